The van der Waals surface area contributed by atoms with Crippen LogP contribution in [0.5, 0.6) is 0 Å². The molecule has 2 aromatic carbocycles. The lowest BCUT2D eigenvalue weighted by Crippen LogP contribution is -2.51. The molecule has 0 radical (unpaired) electrons. The molecular formula is C21H27N3O3. The van der Waals surface area contributed by atoms with Gasteiger partial charge in [-0.3, -0.25) is 9.69 Å². The van der Waals surface area contributed by atoms with Gasteiger partial charge in [-0.2, -0.15) is 0 Å². The molecular weight excluding hydrogens is 342 g/mol. The highest BCUT2D eigenvalue weighted by molar-refractivity contribution is 5.95. The number of ether oxygens (including phenoxy) is 1. The van der Waals surface area contributed by atoms with E-state index >= 15 is 0 Å². The quantitative estimate of drug-likeness (QED) is 0.901. The van der Waals surface area contributed by atoms with Gasteiger partial charge in [-0.25, -0.2) is 4.79 Å². The molecule has 2 aromatic rings. The number of nitrogens with one attached hydrogen (secondary N) is 1. The summed E-state index contributed by atoms with van der Waals surface area (Å²) in [5.41, 5.74) is 0.305. The van der Waals surface area contributed by atoms with Crippen LogP contribution >= 0.6 is 0 Å². The van der Waals surface area contributed by atoms with E-state index in [0.29, 0.717) is 32.7 Å². The first-order valence-corrected chi connectivity index (χ1v) is 9.29. The third kappa shape index (κ3) is 5.44. The Morgan fingerprint density at radius 1 is 1.00 bits per heavy atom. The molecule has 0 bridgehead atoms. The van der Waals surface area contributed by atoms with E-state index in [1.54, 1.807) is 4.90 Å². The molecule has 0 unspecified atom stereocenters. The molecule has 3 rings (SSSR count). The van der Waals surface area contributed by atoms with Crippen molar-refractivity contribution in [3.63, 3.8) is 0 Å². The van der Waals surface area contributed by atoms with Gasteiger partial charge in [0.25, 0.3) is 0 Å². The lowest BCUT2D eigenvalue weighted by molar-refractivity contribution is -0.117. The van der Waals surface area contributed by atoms with Crippen molar-refractivity contribution in [2.75, 3.05) is 38.0 Å². The lowest BCUT2D eigenvalue weighted by atomic mass is 10.1. The number of nitrogens with zero attached hydrogens (tertiary/aromatic N) is 2. The highest BCUT2D eigenvalue weighted by Gasteiger charge is 2.26. The summed E-state index contributed by atoms with van der Waals surface area (Å²) in [5, 5.41) is 5.21. The van der Waals surface area contributed by atoms with E-state index in [1.807, 2.05) is 63.2 Å². The highest BCUT2D eigenvalue weighted by Crippen LogP contribution is 2.19. The van der Waals surface area contributed by atoms with Gasteiger partial charge in [-0.15, -0.1) is 0 Å². The van der Waals surface area contributed by atoms with Crippen molar-refractivity contribution >= 4 is 28.5 Å². The zero-order valence-electron chi connectivity index (χ0n) is 16.2. The molecule has 27 heavy (non-hydrogen) atoms. The fraction of sp³-hybridized carbons (Fsp3) is 0.429. The molecule has 1 aliphatic heterocycles. The minimum Gasteiger partial charge on any atom is -0.444 e. The van der Waals surface area contributed by atoms with Crippen molar-refractivity contribution in [3.05, 3.63) is 42.5 Å². The number of hydrogen-bond acceptors (Lipinski definition) is 4. The molecule has 1 aliphatic rings. The SMILES string of the molecule is CC(C)(C)OC(=O)N1CCN(CC(=O)Nc2ccc3ccccc3c2)CC1. The number of benzene rings is 2. The van der Waals surface area contributed by atoms with Gasteiger partial charge in [0, 0.05) is 31.9 Å². The Kier molecular flexibility index (Phi) is 5.65. The fourth-order valence-corrected chi connectivity index (χ4v) is 3.09. The number of anilines is 1. The summed E-state index contributed by atoms with van der Waals surface area (Å²) in [6.45, 7) is 8.34. The molecule has 1 N–H and O–H groups in total. The Hall–Kier alpha value is -2.60. The lowest BCUT2D eigenvalue weighted by Gasteiger charge is -2.35. The van der Waals surface area contributed by atoms with Crippen molar-refractivity contribution in [2.24, 2.45) is 0 Å². The van der Waals surface area contributed by atoms with Gasteiger partial charge in [-0.1, -0.05) is 30.3 Å². The van der Waals surface area contributed by atoms with Gasteiger partial charge in [-0.05, 0) is 43.7 Å². The number of piperazine rings is 1. The molecule has 1 fully saturated rings. The molecule has 6 heteroatoms. The van der Waals surface area contributed by atoms with Gasteiger partial charge >= 0.3 is 6.09 Å². The summed E-state index contributed by atoms with van der Waals surface area (Å²) >= 11 is 0. The number of hydrogen-bond donors (Lipinski definition) is 1. The Morgan fingerprint density at radius 3 is 2.33 bits per heavy atom. The molecule has 0 atom stereocenters. The zero-order chi connectivity index (χ0) is 19.4. The average Bonchev–Trinajstić information content (AvgIpc) is 2.60. The molecule has 0 aliphatic carbocycles. The number of fused-ring (bicyclic) bond motifs is 1. The van der Waals surface area contributed by atoms with Crippen LogP contribution in [0.1, 0.15) is 20.8 Å². The molecule has 0 spiro atoms. The van der Waals surface area contributed by atoms with E-state index in [4.69, 9.17) is 4.74 Å². The summed E-state index contributed by atoms with van der Waals surface area (Å²) < 4.78 is 5.40. The highest BCUT2D eigenvalue weighted by atomic mass is 16.6. The summed E-state index contributed by atoms with van der Waals surface area (Å²) in [6, 6.07) is 14.0. The number of carbonyl (C=O) groups excluding carboxylic acids is 2. The Labute approximate surface area is 160 Å². The van der Waals surface area contributed by atoms with E-state index in [1.165, 1.54) is 0 Å². The topological polar surface area (TPSA) is 61.9 Å². The maximum atomic E-state index is 12.4. The van der Waals surface area contributed by atoms with Crippen molar-refractivity contribution < 1.29 is 14.3 Å². The Balaban J connectivity index is 1.48. The summed E-state index contributed by atoms with van der Waals surface area (Å²) in [7, 11) is 0. The molecule has 0 aromatic heterocycles. The van der Waals surface area contributed by atoms with Crippen LogP contribution in [-0.4, -0.2) is 60.1 Å². The summed E-state index contributed by atoms with van der Waals surface area (Å²) in [5.74, 6) is -0.0454. The van der Waals surface area contributed by atoms with Crippen molar-refractivity contribution in [3.8, 4) is 0 Å². The van der Waals surface area contributed by atoms with E-state index < -0.39 is 5.60 Å². The molecule has 2 amide bonds. The Morgan fingerprint density at radius 2 is 1.67 bits per heavy atom. The molecule has 144 valence electrons. The zero-order valence-corrected chi connectivity index (χ0v) is 16.2. The largest absolute Gasteiger partial charge is 0.444 e. The molecule has 1 saturated heterocycles. The predicted octanol–water partition coefficient (Wildman–Crippen LogP) is 3.33. The van der Waals surface area contributed by atoms with Gasteiger partial charge in [0.2, 0.25) is 5.91 Å². The van der Waals surface area contributed by atoms with Crippen molar-refractivity contribution in [1.82, 2.24) is 9.80 Å². The standard InChI is InChI=1S/C21H27N3O3/c1-21(2,3)27-20(26)24-12-10-23(11-13-24)15-19(25)22-18-9-8-16-6-4-5-7-17(16)14-18/h4-9,14H,10-13,15H2,1-3H3,(H,22,25). The molecule has 1 heterocycles. The first-order valence-electron chi connectivity index (χ1n) is 9.29. The normalized spacial score (nSPS) is 15.6. The van der Waals surface area contributed by atoms with Gasteiger partial charge in [0.15, 0.2) is 0 Å². The van der Waals surface area contributed by atoms with E-state index in [-0.39, 0.29) is 12.0 Å². The Bertz CT molecular complexity index is 821. The maximum absolute atomic E-state index is 12.4. The van der Waals surface area contributed by atoms with Crippen LogP contribution in [0.4, 0.5) is 10.5 Å². The smallest absolute Gasteiger partial charge is 0.410 e. The number of rotatable bonds is 3. The monoisotopic (exact) mass is 369 g/mol. The molecule has 0 saturated carbocycles. The maximum Gasteiger partial charge on any atom is 0.410 e. The van der Waals surface area contributed by atoms with Crippen LogP contribution in [0.15, 0.2) is 42.5 Å². The summed E-state index contributed by atoms with van der Waals surface area (Å²) in [4.78, 5) is 28.2. The van der Waals surface area contributed by atoms with Crippen LogP contribution in [-0.2, 0) is 9.53 Å². The van der Waals surface area contributed by atoms with Gasteiger partial charge in [0.05, 0.1) is 6.54 Å². The predicted molar refractivity (Wildman–Crippen MR) is 107 cm³/mol. The van der Waals surface area contributed by atoms with Gasteiger partial charge < -0.3 is 15.0 Å². The summed E-state index contributed by atoms with van der Waals surface area (Å²) in [6.07, 6.45) is -0.289. The van der Waals surface area contributed by atoms with E-state index in [2.05, 4.69) is 10.2 Å². The van der Waals surface area contributed by atoms with Crippen LogP contribution in [0.3, 0.4) is 0 Å². The third-order valence-corrected chi connectivity index (χ3v) is 4.42. The average molecular weight is 369 g/mol. The second kappa shape index (κ2) is 7.96. The second-order valence-corrected chi connectivity index (χ2v) is 7.85. The first kappa shape index (κ1) is 19.2. The van der Waals surface area contributed by atoms with Crippen LogP contribution in [0, 0.1) is 0 Å². The fourth-order valence-electron chi connectivity index (χ4n) is 3.09. The third-order valence-electron chi connectivity index (χ3n) is 4.42. The van der Waals surface area contributed by atoms with Crippen LogP contribution < -0.4 is 5.32 Å². The van der Waals surface area contributed by atoms with E-state index in [0.717, 1.165) is 16.5 Å². The minimum atomic E-state index is -0.492. The number of carbonyl (C=O) groups is 2. The van der Waals surface area contributed by atoms with Gasteiger partial charge in [0.1, 0.15) is 5.60 Å². The second-order valence-electron chi connectivity index (χ2n) is 7.85. The first-order chi connectivity index (χ1) is 12.8. The number of amides is 2. The van der Waals surface area contributed by atoms with Crippen molar-refractivity contribution in [1.29, 1.82) is 0 Å². The minimum absolute atomic E-state index is 0.0454. The molecule has 6 nitrogen and oxygen atoms in total. The van der Waals surface area contributed by atoms with Crippen molar-refractivity contribution in [2.45, 2.75) is 26.4 Å². The van der Waals surface area contributed by atoms with Crippen LogP contribution in [0.2, 0.25) is 0 Å². The van der Waals surface area contributed by atoms with Crippen LogP contribution in [0.25, 0.3) is 10.8 Å². The van der Waals surface area contributed by atoms with E-state index in [9.17, 15) is 9.59 Å².